The fraction of sp³-hybridized carbons (Fsp3) is 0.214. The van der Waals surface area contributed by atoms with Gasteiger partial charge in [0.25, 0.3) is 0 Å². The van der Waals surface area contributed by atoms with E-state index in [1.807, 2.05) is 30.3 Å². The number of aliphatic hydroxyl groups is 1. The minimum atomic E-state index is -0.553. The van der Waals surface area contributed by atoms with Gasteiger partial charge in [-0.15, -0.1) is 0 Å². The number of rotatable bonds is 5. The zero-order valence-corrected chi connectivity index (χ0v) is 11.4. The zero-order chi connectivity index (χ0) is 14.4. The molecule has 20 heavy (non-hydrogen) atoms. The van der Waals surface area contributed by atoms with Gasteiger partial charge in [0.05, 0.1) is 18.9 Å². The first kappa shape index (κ1) is 14.3. The first-order chi connectivity index (χ1) is 9.76. The van der Waals surface area contributed by atoms with Crippen molar-refractivity contribution in [2.45, 2.75) is 5.92 Å². The van der Waals surface area contributed by atoms with Crippen LogP contribution in [0.2, 0.25) is 5.02 Å². The largest absolute Gasteiger partial charge is 0.395 e. The van der Waals surface area contributed by atoms with Crippen LogP contribution in [-0.2, 0) is 0 Å². The SMILES string of the molecule is N#C[C@@H](c1ccccc1)c1ncc(Cl)c(NCCO)n1. The molecule has 1 atom stereocenters. The van der Waals surface area contributed by atoms with Crippen molar-refractivity contribution in [1.29, 1.82) is 5.26 Å². The van der Waals surface area contributed by atoms with Gasteiger partial charge in [-0.3, -0.25) is 0 Å². The summed E-state index contributed by atoms with van der Waals surface area (Å²) in [5.74, 6) is 0.244. The van der Waals surface area contributed by atoms with Crippen LogP contribution in [0, 0.1) is 11.3 Å². The van der Waals surface area contributed by atoms with Gasteiger partial charge in [-0.05, 0) is 5.56 Å². The van der Waals surface area contributed by atoms with E-state index >= 15 is 0 Å². The monoisotopic (exact) mass is 288 g/mol. The number of nitriles is 1. The molecule has 2 aromatic rings. The maximum absolute atomic E-state index is 9.35. The van der Waals surface area contributed by atoms with Crippen molar-refractivity contribution in [2.75, 3.05) is 18.5 Å². The Labute approximate surface area is 121 Å². The summed E-state index contributed by atoms with van der Waals surface area (Å²) < 4.78 is 0. The highest BCUT2D eigenvalue weighted by Gasteiger charge is 2.17. The number of anilines is 1. The lowest BCUT2D eigenvalue weighted by molar-refractivity contribution is 0.311. The highest BCUT2D eigenvalue weighted by atomic mass is 35.5. The van der Waals surface area contributed by atoms with E-state index < -0.39 is 5.92 Å². The molecular formula is C14H13ClN4O. The first-order valence-electron chi connectivity index (χ1n) is 6.08. The van der Waals surface area contributed by atoms with Gasteiger partial charge >= 0.3 is 0 Å². The third-order valence-corrected chi connectivity index (χ3v) is 2.96. The Morgan fingerprint density at radius 1 is 1.35 bits per heavy atom. The van der Waals surface area contributed by atoms with E-state index in [2.05, 4.69) is 21.4 Å². The van der Waals surface area contributed by atoms with Crippen molar-refractivity contribution in [1.82, 2.24) is 9.97 Å². The average Bonchev–Trinajstić information content (AvgIpc) is 2.49. The fourth-order valence-electron chi connectivity index (χ4n) is 1.74. The van der Waals surface area contributed by atoms with Gasteiger partial charge in [0.15, 0.2) is 5.82 Å². The molecule has 5 nitrogen and oxygen atoms in total. The molecule has 0 aliphatic rings. The number of nitrogens with zero attached hydrogens (tertiary/aromatic N) is 3. The number of aromatic nitrogens is 2. The van der Waals surface area contributed by atoms with E-state index in [0.29, 0.717) is 23.2 Å². The van der Waals surface area contributed by atoms with Crippen molar-refractivity contribution in [3.8, 4) is 6.07 Å². The molecule has 2 N–H and O–H groups in total. The van der Waals surface area contributed by atoms with Crippen LogP contribution >= 0.6 is 11.6 Å². The van der Waals surface area contributed by atoms with Crippen LogP contribution < -0.4 is 5.32 Å². The maximum Gasteiger partial charge on any atom is 0.152 e. The molecule has 1 heterocycles. The van der Waals surface area contributed by atoms with Gasteiger partial charge in [-0.1, -0.05) is 41.9 Å². The van der Waals surface area contributed by atoms with Crippen molar-refractivity contribution < 1.29 is 5.11 Å². The Kier molecular flexibility index (Phi) is 4.88. The van der Waals surface area contributed by atoms with Gasteiger partial charge < -0.3 is 10.4 Å². The van der Waals surface area contributed by atoms with Crippen molar-refractivity contribution in [3.05, 3.63) is 52.9 Å². The van der Waals surface area contributed by atoms with Gasteiger partial charge in [0.2, 0.25) is 0 Å². The summed E-state index contributed by atoms with van der Waals surface area (Å²) >= 11 is 5.97. The molecule has 0 spiro atoms. The molecule has 1 aromatic carbocycles. The minimum Gasteiger partial charge on any atom is -0.395 e. The smallest absolute Gasteiger partial charge is 0.152 e. The Hall–Kier alpha value is -2.16. The van der Waals surface area contributed by atoms with Gasteiger partial charge in [-0.2, -0.15) is 5.26 Å². The summed E-state index contributed by atoms with van der Waals surface area (Å²) in [7, 11) is 0. The molecule has 2 rings (SSSR count). The Bertz CT molecular complexity index is 612. The summed E-state index contributed by atoms with van der Waals surface area (Å²) in [5.41, 5.74) is 0.824. The topological polar surface area (TPSA) is 81.8 Å². The summed E-state index contributed by atoms with van der Waals surface area (Å²) in [5, 5.41) is 21.4. The van der Waals surface area contributed by atoms with Crippen LogP contribution in [0.5, 0.6) is 0 Å². The van der Waals surface area contributed by atoms with E-state index in [0.717, 1.165) is 5.56 Å². The first-order valence-corrected chi connectivity index (χ1v) is 6.45. The Balaban J connectivity index is 2.34. The molecule has 0 amide bonds. The molecule has 102 valence electrons. The number of hydrogen-bond acceptors (Lipinski definition) is 5. The lowest BCUT2D eigenvalue weighted by Gasteiger charge is -2.11. The number of halogens is 1. The van der Waals surface area contributed by atoms with E-state index in [4.69, 9.17) is 16.7 Å². The lowest BCUT2D eigenvalue weighted by atomic mass is 10.00. The van der Waals surface area contributed by atoms with Gasteiger partial charge in [0.1, 0.15) is 16.8 Å². The Morgan fingerprint density at radius 3 is 2.75 bits per heavy atom. The van der Waals surface area contributed by atoms with Crippen LogP contribution in [0.15, 0.2) is 36.5 Å². The fourth-order valence-corrected chi connectivity index (χ4v) is 1.90. The number of nitrogens with one attached hydrogen (secondary N) is 1. The molecule has 0 saturated carbocycles. The van der Waals surface area contributed by atoms with E-state index in [-0.39, 0.29) is 6.61 Å². The maximum atomic E-state index is 9.35. The van der Waals surface area contributed by atoms with Gasteiger partial charge in [0, 0.05) is 6.54 Å². The van der Waals surface area contributed by atoms with Crippen molar-refractivity contribution >= 4 is 17.4 Å². The van der Waals surface area contributed by atoms with Crippen molar-refractivity contribution in [3.63, 3.8) is 0 Å². The molecule has 0 unspecified atom stereocenters. The summed E-state index contributed by atoms with van der Waals surface area (Å²) in [6, 6.07) is 11.5. The zero-order valence-electron chi connectivity index (χ0n) is 10.6. The normalized spacial score (nSPS) is 11.7. The second kappa shape index (κ2) is 6.85. The molecule has 0 fully saturated rings. The third-order valence-electron chi connectivity index (χ3n) is 2.69. The molecule has 0 aliphatic carbocycles. The average molecular weight is 289 g/mol. The van der Waals surface area contributed by atoms with Crippen molar-refractivity contribution in [2.24, 2.45) is 0 Å². The predicted octanol–water partition coefficient (Wildman–Crippen LogP) is 2.19. The highest BCUT2D eigenvalue weighted by molar-refractivity contribution is 6.32. The van der Waals surface area contributed by atoms with Crippen LogP contribution in [0.3, 0.4) is 0 Å². The molecule has 6 heteroatoms. The molecule has 0 saturated heterocycles. The summed E-state index contributed by atoms with van der Waals surface area (Å²) in [6.07, 6.45) is 1.46. The molecule has 0 aliphatic heterocycles. The number of benzene rings is 1. The van der Waals surface area contributed by atoms with Crippen LogP contribution in [0.25, 0.3) is 0 Å². The second-order valence-electron chi connectivity index (χ2n) is 4.05. The third kappa shape index (κ3) is 3.23. The Morgan fingerprint density at radius 2 is 2.10 bits per heavy atom. The van der Waals surface area contributed by atoms with E-state index in [9.17, 15) is 5.26 Å². The minimum absolute atomic E-state index is 0.0317. The summed E-state index contributed by atoms with van der Waals surface area (Å²) in [4.78, 5) is 8.40. The standard InChI is InChI=1S/C14H13ClN4O/c15-12-9-18-13(19-14(12)17-6-7-20)11(8-16)10-4-2-1-3-5-10/h1-5,9,11,20H,6-7H2,(H,17,18,19)/t11-/m0/s1. The van der Waals surface area contributed by atoms with Crippen LogP contribution in [0.1, 0.15) is 17.3 Å². The quantitative estimate of drug-likeness (QED) is 0.881. The highest BCUT2D eigenvalue weighted by Crippen LogP contribution is 2.24. The predicted molar refractivity (Wildman–Crippen MR) is 76.5 cm³/mol. The lowest BCUT2D eigenvalue weighted by Crippen LogP contribution is -2.11. The molecule has 1 aromatic heterocycles. The molecular weight excluding hydrogens is 276 g/mol. The van der Waals surface area contributed by atoms with Gasteiger partial charge in [-0.25, -0.2) is 9.97 Å². The molecule has 0 bridgehead atoms. The van der Waals surface area contributed by atoms with E-state index in [1.165, 1.54) is 6.20 Å². The van der Waals surface area contributed by atoms with Crippen LogP contribution in [0.4, 0.5) is 5.82 Å². The van der Waals surface area contributed by atoms with E-state index in [1.54, 1.807) is 0 Å². The summed E-state index contributed by atoms with van der Waals surface area (Å²) in [6.45, 7) is 0.300. The second-order valence-corrected chi connectivity index (χ2v) is 4.46. The van der Waals surface area contributed by atoms with Crippen LogP contribution in [-0.4, -0.2) is 28.2 Å². The number of aliphatic hydroxyl groups excluding tert-OH is 1. The number of hydrogen-bond donors (Lipinski definition) is 2. The molecule has 0 radical (unpaired) electrons.